The van der Waals surface area contributed by atoms with Crippen LogP contribution in [0.15, 0.2) is 0 Å². The van der Waals surface area contributed by atoms with Crippen molar-refractivity contribution in [3.63, 3.8) is 0 Å². The lowest BCUT2D eigenvalue weighted by Crippen LogP contribution is -2.32. The molecule has 0 atom stereocenters. The van der Waals surface area contributed by atoms with E-state index in [0.717, 1.165) is 0 Å². The summed E-state index contributed by atoms with van der Waals surface area (Å²) in [5.41, 5.74) is 0. The summed E-state index contributed by atoms with van der Waals surface area (Å²) in [7, 11) is -3.39. The second-order valence-electron chi connectivity index (χ2n) is 3.38. The number of carbonyl (C=O) groups is 1. The van der Waals surface area contributed by atoms with Crippen LogP contribution in [0.3, 0.4) is 0 Å². The van der Waals surface area contributed by atoms with E-state index in [9.17, 15) is 13.2 Å². The second-order valence-corrected chi connectivity index (χ2v) is 5.22. The van der Waals surface area contributed by atoms with Gasteiger partial charge in [0.2, 0.25) is 15.9 Å². The van der Waals surface area contributed by atoms with Gasteiger partial charge in [0.1, 0.15) is 0 Å². The lowest BCUT2D eigenvalue weighted by atomic mass is 10.2. The maximum Gasteiger partial charge on any atom is 0.234 e. The normalized spacial score (nSPS) is 10.9. The predicted octanol–water partition coefficient (Wildman–Crippen LogP) is 1.31. The van der Waals surface area contributed by atoms with Gasteiger partial charge in [0, 0.05) is 6.42 Å². The first-order chi connectivity index (χ1) is 5.87. The topological polar surface area (TPSA) is 63.2 Å². The number of hydrogen-bond acceptors (Lipinski definition) is 3. The first kappa shape index (κ1) is 16.2. The number of nitrogens with one attached hydrogen (secondary N) is 1. The first-order valence-electron chi connectivity index (χ1n) is 4.40. The Bertz CT molecular complexity index is 262. The van der Waals surface area contributed by atoms with Crippen molar-refractivity contribution in [3.8, 4) is 0 Å². The molecule has 0 spiro atoms. The van der Waals surface area contributed by atoms with Crippen LogP contribution < -0.4 is 4.72 Å². The Balaban J connectivity index is 0. The van der Waals surface area contributed by atoms with Crippen LogP contribution in [0.5, 0.6) is 0 Å². The molecular weight excluding hydrogens is 226 g/mol. The van der Waals surface area contributed by atoms with Gasteiger partial charge in [-0.25, -0.2) is 8.42 Å². The summed E-state index contributed by atoms with van der Waals surface area (Å²) in [6.07, 6.45) is 0.771. The Labute approximate surface area is 91.9 Å². The Morgan fingerprint density at radius 2 is 1.86 bits per heavy atom. The zero-order valence-corrected chi connectivity index (χ0v) is 10.4. The highest BCUT2D eigenvalue weighted by Crippen LogP contribution is 2.01. The van der Waals surface area contributed by atoms with Gasteiger partial charge >= 0.3 is 0 Å². The molecule has 0 aliphatic rings. The van der Waals surface area contributed by atoms with Crippen LogP contribution in [0.25, 0.3) is 0 Å². The molecule has 6 heteroatoms. The Morgan fingerprint density at radius 3 is 2.21 bits per heavy atom. The monoisotopic (exact) mass is 243 g/mol. The highest BCUT2D eigenvalue weighted by atomic mass is 35.5. The van der Waals surface area contributed by atoms with E-state index in [1.54, 1.807) is 6.92 Å². The van der Waals surface area contributed by atoms with E-state index < -0.39 is 15.9 Å². The Kier molecular flexibility index (Phi) is 8.15. The fourth-order valence-electron chi connectivity index (χ4n) is 0.687. The SMILES string of the molecule is CCC(=O)NS(=O)(=O)CCC(C)C.Cl. The predicted molar refractivity (Wildman–Crippen MR) is 58.9 cm³/mol. The molecule has 0 radical (unpaired) electrons. The van der Waals surface area contributed by atoms with E-state index in [0.29, 0.717) is 12.3 Å². The zero-order valence-electron chi connectivity index (χ0n) is 8.74. The van der Waals surface area contributed by atoms with Crippen molar-refractivity contribution in [1.29, 1.82) is 0 Å². The van der Waals surface area contributed by atoms with Crippen molar-refractivity contribution in [2.75, 3.05) is 5.75 Å². The molecule has 0 aliphatic carbocycles. The average Bonchev–Trinajstić information content (AvgIpc) is 2.00. The molecule has 0 aromatic carbocycles. The standard InChI is InChI=1S/C8H17NO3S.ClH/c1-4-8(10)9-13(11,12)6-5-7(2)3;/h7H,4-6H2,1-3H3,(H,9,10);1H. The summed E-state index contributed by atoms with van der Waals surface area (Å²) >= 11 is 0. The molecule has 0 fully saturated rings. The van der Waals surface area contributed by atoms with Crippen molar-refractivity contribution in [2.45, 2.75) is 33.6 Å². The molecule has 86 valence electrons. The molecule has 14 heavy (non-hydrogen) atoms. The van der Waals surface area contributed by atoms with Crippen LogP contribution in [0.2, 0.25) is 0 Å². The highest BCUT2D eigenvalue weighted by molar-refractivity contribution is 7.90. The largest absolute Gasteiger partial charge is 0.274 e. The first-order valence-corrected chi connectivity index (χ1v) is 6.06. The van der Waals surface area contributed by atoms with E-state index in [-0.39, 0.29) is 24.6 Å². The third-order valence-electron chi connectivity index (χ3n) is 1.55. The minimum absolute atomic E-state index is 0. The summed E-state index contributed by atoms with van der Waals surface area (Å²) < 4.78 is 24.3. The fourth-order valence-corrected chi connectivity index (χ4v) is 2.06. The molecule has 0 bridgehead atoms. The maximum atomic E-state index is 11.2. The van der Waals surface area contributed by atoms with Gasteiger partial charge < -0.3 is 0 Å². The van der Waals surface area contributed by atoms with E-state index in [1.807, 2.05) is 18.6 Å². The van der Waals surface area contributed by atoms with Gasteiger partial charge in [-0.05, 0) is 12.3 Å². The zero-order chi connectivity index (χ0) is 10.5. The van der Waals surface area contributed by atoms with Gasteiger partial charge in [-0.15, -0.1) is 12.4 Å². The third kappa shape index (κ3) is 8.31. The third-order valence-corrected chi connectivity index (χ3v) is 2.87. The van der Waals surface area contributed by atoms with Gasteiger partial charge in [0.05, 0.1) is 5.75 Å². The Hall–Kier alpha value is -0.290. The number of amides is 1. The summed E-state index contributed by atoms with van der Waals surface area (Å²) in [6, 6.07) is 0. The van der Waals surface area contributed by atoms with E-state index in [1.165, 1.54) is 0 Å². The van der Waals surface area contributed by atoms with Crippen molar-refractivity contribution in [2.24, 2.45) is 5.92 Å². The van der Waals surface area contributed by atoms with Gasteiger partial charge in [-0.1, -0.05) is 20.8 Å². The maximum absolute atomic E-state index is 11.2. The van der Waals surface area contributed by atoms with E-state index >= 15 is 0 Å². The smallest absolute Gasteiger partial charge is 0.234 e. The summed E-state index contributed by atoms with van der Waals surface area (Å²) in [5, 5.41) is 0. The van der Waals surface area contributed by atoms with Crippen molar-refractivity contribution >= 4 is 28.3 Å². The summed E-state index contributed by atoms with van der Waals surface area (Å²) in [6.45, 7) is 5.50. The summed E-state index contributed by atoms with van der Waals surface area (Å²) in [5.74, 6) is -0.0896. The lowest BCUT2D eigenvalue weighted by Gasteiger charge is -2.06. The molecule has 0 aromatic rings. The van der Waals surface area contributed by atoms with Crippen LogP contribution in [0.4, 0.5) is 0 Å². The van der Waals surface area contributed by atoms with E-state index in [2.05, 4.69) is 0 Å². The molecule has 0 saturated carbocycles. The molecule has 1 N–H and O–H groups in total. The molecule has 1 amide bonds. The number of hydrogen-bond donors (Lipinski definition) is 1. The van der Waals surface area contributed by atoms with Crippen molar-refractivity contribution < 1.29 is 13.2 Å². The van der Waals surface area contributed by atoms with Crippen LogP contribution in [-0.2, 0) is 14.8 Å². The molecule has 0 rings (SSSR count). The van der Waals surface area contributed by atoms with Crippen LogP contribution in [0.1, 0.15) is 33.6 Å². The average molecular weight is 244 g/mol. The molecule has 0 aliphatic heterocycles. The van der Waals surface area contributed by atoms with E-state index in [4.69, 9.17) is 0 Å². The van der Waals surface area contributed by atoms with Crippen molar-refractivity contribution in [3.05, 3.63) is 0 Å². The number of sulfonamides is 1. The highest BCUT2D eigenvalue weighted by Gasteiger charge is 2.13. The summed E-state index contributed by atoms with van der Waals surface area (Å²) in [4.78, 5) is 10.8. The number of carbonyl (C=O) groups excluding carboxylic acids is 1. The molecule has 0 aromatic heterocycles. The Morgan fingerprint density at radius 1 is 1.36 bits per heavy atom. The van der Waals surface area contributed by atoms with Crippen LogP contribution >= 0.6 is 12.4 Å². The van der Waals surface area contributed by atoms with Gasteiger partial charge in [0.25, 0.3) is 0 Å². The molecule has 0 unspecified atom stereocenters. The minimum Gasteiger partial charge on any atom is -0.274 e. The lowest BCUT2D eigenvalue weighted by molar-refractivity contribution is -0.119. The van der Waals surface area contributed by atoms with Gasteiger partial charge in [-0.2, -0.15) is 0 Å². The molecule has 0 heterocycles. The molecular formula is C8H18ClNO3S. The van der Waals surface area contributed by atoms with Gasteiger partial charge in [-0.3, -0.25) is 9.52 Å². The fraction of sp³-hybridized carbons (Fsp3) is 0.875. The second kappa shape index (κ2) is 7.06. The van der Waals surface area contributed by atoms with Crippen molar-refractivity contribution in [1.82, 2.24) is 4.72 Å². The minimum atomic E-state index is -3.39. The van der Waals surface area contributed by atoms with Gasteiger partial charge in [0.15, 0.2) is 0 Å². The number of halogens is 1. The molecule has 0 saturated heterocycles. The number of rotatable bonds is 5. The molecule has 4 nitrogen and oxygen atoms in total. The van der Waals surface area contributed by atoms with Crippen LogP contribution in [-0.4, -0.2) is 20.1 Å². The van der Waals surface area contributed by atoms with Crippen LogP contribution in [0, 0.1) is 5.92 Å². The quantitative estimate of drug-likeness (QED) is 0.792.